The standard InChI is InChI=1S/C18H23N3O2S/c1-3-23-15-8-6-13(7-9-15)17-20-12(2)16(24-17)18(22)21-10-4-5-14(21)11-19/h6-9,14H,3-5,10-11,19H2,1-2H3/t14-/m0/s1. The summed E-state index contributed by atoms with van der Waals surface area (Å²) in [6.07, 6.45) is 2.02. The van der Waals surface area contributed by atoms with Gasteiger partial charge in [-0.05, 0) is 51.0 Å². The van der Waals surface area contributed by atoms with Crippen LogP contribution in [0.2, 0.25) is 0 Å². The summed E-state index contributed by atoms with van der Waals surface area (Å²) in [6, 6.07) is 7.99. The maximum atomic E-state index is 12.8. The van der Waals surface area contributed by atoms with Gasteiger partial charge in [0.1, 0.15) is 15.6 Å². The second-order valence-electron chi connectivity index (χ2n) is 5.92. The average Bonchev–Trinajstić information content (AvgIpc) is 3.21. The van der Waals surface area contributed by atoms with Gasteiger partial charge in [-0.25, -0.2) is 4.98 Å². The third kappa shape index (κ3) is 3.30. The van der Waals surface area contributed by atoms with E-state index in [0.29, 0.717) is 13.2 Å². The van der Waals surface area contributed by atoms with Crippen molar-refractivity contribution in [2.45, 2.75) is 32.7 Å². The van der Waals surface area contributed by atoms with E-state index < -0.39 is 0 Å². The number of carbonyl (C=O) groups excluding carboxylic acids is 1. The number of likely N-dealkylation sites (tertiary alicyclic amines) is 1. The molecule has 2 N–H and O–H groups in total. The molecule has 24 heavy (non-hydrogen) atoms. The van der Waals surface area contributed by atoms with Crippen molar-refractivity contribution in [2.24, 2.45) is 5.73 Å². The van der Waals surface area contributed by atoms with Crippen LogP contribution < -0.4 is 10.5 Å². The molecule has 1 aliphatic heterocycles. The number of hydrogen-bond acceptors (Lipinski definition) is 5. The molecule has 2 heterocycles. The molecule has 0 saturated carbocycles. The highest BCUT2D eigenvalue weighted by molar-refractivity contribution is 7.17. The molecule has 3 rings (SSSR count). The maximum Gasteiger partial charge on any atom is 0.266 e. The minimum absolute atomic E-state index is 0.0649. The van der Waals surface area contributed by atoms with Gasteiger partial charge in [0.15, 0.2) is 0 Å². The van der Waals surface area contributed by atoms with Crippen LogP contribution in [0.4, 0.5) is 0 Å². The Bertz CT molecular complexity index is 712. The fraction of sp³-hybridized carbons (Fsp3) is 0.444. The van der Waals surface area contributed by atoms with Gasteiger partial charge >= 0.3 is 0 Å². The molecule has 6 heteroatoms. The van der Waals surface area contributed by atoms with Crippen LogP contribution in [0.5, 0.6) is 5.75 Å². The summed E-state index contributed by atoms with van der Waals surface area (Å²) in [6.45, 7) is 5.82. The Balaban J connectivity index is 1.83. The molecule has 5 nitrogen and oxygen atoms in total. The van der Waals surface area contributed by atoms with E-state index >= 15 is 0 Å². The Kier molecular flexibility index (Phi) is 5.16. The number of nitrogens with two attached hydrogens (primary N) is 1. The van der Waals surface area contributed by atoms with Gasteiger partial charge in [0, 0.05) is 24.7 Å². The van der Waals surface area contributed by atoms with Gasteiger partial charge < -0.3 is 15.4 Å². The van der Waals surface area contributed by atoms with E-state index in [9.17, 15) is 4.79 Å². The molecular weight excluding hydrogens is 322 g/mol. The van der Waals surface area contributed by atoms with Crippen LogP contribution >= 0.6 is 11.3 Å². The van der Waals surface area contributed by atoms with Crippen molar-refractivity contribution in [3.63, 3.8) is 0 Å². The topological polar surface area (TPSA) is 68.5 Å². The number of ether oxygens (including phenoxy) is 1. The molecule has 0 unspecified atom stereocenters. The highest BCUT2D eigenvalue weighted by Crippen LogP contribution is 2.31. The molecule has 1 amide bonds. The zero-order valence-corrected chi connectivity index (χ0v) is 14.9. The lowest BCUT2D eigenvalue weighted by Gasteiger charge is -2.22. The molecule has 0 bridgehead atoms. The number of hydrogen-bond donors (Lipinski definition) is 1. The van der Waals surface area contributed by atoms with Gasteiger partial charge in [-0.2, -0.15) is 0 Å². The summed E-state index contributed by atoms with van der Waals surface area (Å²) in [5.74, 6) is 0.906. The molecule has 1 atom stereocenters. The summed E-state index contributed by atoms with van der Waals surface area (Å²) in [7, 11) is 0. The number of carbonyl (C=O) groups is 1. The first-order valence-electron chi connectivity index (χ1n) is 8.35. The highest BCUT2D eigenvalue weighted by atomic mass is 32.1. The van der Waals surface area contributed by atoms with Gasteiger partial charge in [0.2, 0.25) is 0 Å². The molecule has 1 aliphatic rings. The summed E-state index contributed by atoms with van der Waals surface area (Å²) >= 11 is 1.46. The van der Waals surface area contributed by atoms with Crippen molar-refractivity contribution in [1.29, 1.82) is 0 Å². The average molecular weight is 345 g/mol. The molecule has 0 aliphatic carbocycles. The Hall–Kier alpha value is -1.92. The Labute approximate surface area is 146 Å². The SMILES string of the molecule is CCOc1ccc(-c2nc(C)c(C(=O)N3CCC[C@H]3CN)s2)cc1. The van der Waals surface area contributed by atoms with E-state index in [4.69, 9.17) is 10.5 Å². The number of thiazole rings is 1. The van der Waals surface area contributed by atoms with Crippen molar-refractivity contribution in [3.05, 3.63) is 34.8 Å². The van der Waals surface area contributed by atoms with Gasteiger partial charge in [0.05, 0.1) is 12.3 Å². The second-order valence-corrected chi connectivity index (χ2v) is 6.92. The molecule has 1 fully saturated rings. The van der Waals surface area contributed by atoms with E-state index in [0.717, 1.165) is 46.3 Å². The van der Waals surface area contributed by atoms with Gasteiger partial charge in [-0.1, -0.05) is 0 Å². The monoisotopic (exact) mass is 345 g/mol. The molecule has 1 aromatic heterocycles. The Morgan fingerprint density at radius 1 is 1.42 bits per heavy atom. The quantitative estimate of drug-likeness (QED) is 0.904. The minimum Gasteiger partial charge on any atom is -0.494 e. The molecule has 1 saturated heterocycles. The summed E-state index contributed by atoms with van der Waals surface area (Å²) in [5.41, 5.74) is 7.59. The molecule has 0 spiro atoms. The van der Waals surface area contributed by atoms with E-state index in [1.54, 1.807) is 0 Å². The summed E-state index contributed by atoms with van der Waals surface area (Å²) in [5, 5.41) is 0.863. The number of rotatable bonds is 5. The van der Waals surface area contributed by atoms with Crippen LogP contribution in [0.25, 0.3) is 10.6 Å². The fourth-order valence-electron chi connectivity index (χ4n) is 3.06. The fourth-order valence-corrected chi connectivity index (χ4v) is 4.09. The number of benzene rings is 1. The van der Waals surface area contributed by atoms with E-state index in [1.165, 1.54) is 11.3 Å². The normalized spacial score (nSPS) is 17.3. The van der Waals surface area contributed by atoms with E-state index in [1.807, 2.05) is 43.0 Å². The van der Waals surface area contributed by atoms with Crippen molar-refractivity contribution >= 4 is 17.2 Å². The lowest BCUT2D eigenvalue weighted by atomic mass is 10.2. The van der Waals surface area contributed by atoms with E-state index in [2.05, 4.69) is 4.98 Å². The molecule has 2 aromatic rings. The van der Waals surface area contributed by atoms with Crippen LogP contribution in [0, 0.1) is 6.92 Å². The smallest absolute Gasteiger partial charge is 0.266 e. The van der Waals surface area contributed by atoms with Crippen molar-refractivity contribution in [3.8, 4) is 16.3 Å². The summed E-state index contributed by atoms with van der Waals surface area (Å²) < 4.78 is 5.47. The van der Waals surface area contributed by atoms with Crippen LogP contribution in [-0.2, 0) is 0 Å². The predicted octanol–water partition coefficient (Wildman–Crippen LogP) is 3.08. The zero-order chi connectivity index (χ0) is 17.1. The minimum atomic E-state index is 0.0649. The van der Waals surface area contributed by atoms with Crippen LogP contribution in [0.1, 0.15) is 35.1 Å². The molecule has 1 aromatic carbocycles. The second kappa shape index (κ2) is 7.32. The highest BCUT2D eigenvalue weighted by Gasteiger charge is 2.30. The van der Waals surface area contributed by atoms with Gasteiger partial charge in [-0.3, -0.25) is 4.79 Å². The van der Waals surface area contributed by atoms with Crippen molar-refractivity contribution in [1.82, 2.24) is 9.88 Å². The molecule has 128 valence electrons. The third-order valence-electron chi connectivity index (χ3n) is 4.31. The van der Waals surface area contributed by atoms with Gasteiger partial charge in [0.25, 0.3) is 5.91 Å². The molecule has 0 radical (unpaired) electrons. The number of aryl methyl sites for hydroxylation is 1. The first kappa shape index (κ1) is 16.9. The van der Waals surface area contributed by atoms with Crippen molar-refractivity contribution in [2.75, 3.05) is 19.7 Å². The Morgan fingerprint density at radius 3 is 2.83 bits per heavy atom. The lowest BCUT2D eigenvalue weighted by Crippen LogP contribution is -2.39. The Morgan fingerprint density at radius 2 is 2.17 bits per heavy atom. The number of amides is 1. The van der Waals surface area contributed by atoms with Crippen LogP contribution in [0.15, 0.2) is 24.3 Å². The third-order valence-corrected chi connectivity index (χ3v) is 5.51. The predicted molar refractivity (Wildman–Crippen MR) is 96.6 cm³/mol. The van der Waals surface area contributed by atoms with Gasteiger partial charge in [-0.15, -0.1) is 11.3 Å². The zero-order valence-electron chi connectivity index (χ0n) is 14.1. The number of nitrogens with zero attached hydrogens (tertiary/aromatic N) is 2. The number of aromatic nitrogens is 1. The molecular formula is C18H23N3O2S. The van der Waals surface area contributed by atoms with E-state index in [-0.39, 0.29) is 11.9 Å². The largest absolute Gasteiger partial charge is 0.494 e. The lowest BCUT2D eigenvalue weighted by molar-refractivity contribution is 0.0745. The first-order chi connectivity index (χ1) is 11.6. The first-order valence-corrected chi connectivity index (χ1v) is 9.17. The van der Waals surface area contributed by atoms with Crippen molar-refractivity contribution < 1.29 is 9.53 Å². The van der Waals surface area contributed by atoms with Crippen LogP contribution in [0.3, 0.4) is 0 Å². The van der Waals surface area contributed by atoms with Crippen LogP contribution in [-0.4, -0.2) is 41.5 Å². The maximum absolute atomic E-state index is 12.8. The summed E-state index contributed by atoms with van der Waals surface area (Å²) in [4.78, 5) is 20.1.